The fourth-order valence-corrected chi connectivity index (χ4v) is 3.83. The average Bonchev–Trinajstić information content (AvgIpc) is 2.70. The second-order valence-corrected chi connectivity index (χ2v) is 7.98. The first-order chi connectivity index (χ1) is 13.2. The van der Waals surface area contributed by atoms with Gasteiger partial charge in [0.25, 0.3) is 0 Å². The number of rotatable bonds is 16. The maximum atomic E-state index is 12.8. The van der Waals surface area contributed by atoms with Crippen LogP contribution < -0.4 is 4.74 Å². The maximum Gasteiger partial charge on any atom is 0.317 e. The van der Waals surface area contributed by atoms with E-state index in [1.165, 1.54) is 64.2 Å². The summed E-state index contributed by atoms with van der Waals surface area (Å²) >= 11 is 0. The first kappa shape index (κ1) is 23.7. The Morgan fingerprint density at radius 3 is 1.70 bits per heavy atom. The van der Waals surface area contributed by atoms with Crippen LogP contribution in [-0.2, 0) is 4.79 Å². The lowest BCUT2D eigenvalue weighted by molar-refractivity contribution is -0.147. The molecule has 0 aliphatic heterocycles. The van der Waals surface area contributed by atoms with Crippen LogP contribution >= 0.6 is 0 Å². The number of hydrogen-bond donors (Lipinski definition) is 0. The molecule has 0 saturated carbocycles. The number of para-hydroxylation sites is 1. The Hall–Kier alpha value is -1.31. The molecule has 1 aromatic rings. The molecular formula is C25H42O2. The largest absolute Gasteiger partial charge is 0.426 e. The van der Waals surface area contributed by atoms with E-state index < -0.39 is 0 Å². The molecule has 0 amide bonds. The van der Waals surface area contributed by atoms with Gasteiger partial charge in [-0.25, -0.2) is 0 Å². The molecule has 0 N–H and O–H groups in total. The zero-order chi connectivity index (χ0) is 19.8. The van der Waals surface area contributed by atoms with Crippen molar-refractivity contribution in [2.24, 2.45) is 5.41 Å². The third-order valence-corrected chi connectivity index (χ3v) is 6.00. The smallest absolute Gasteiger partial charge is 0.317 e. The van der Waals surface area contributed by atoms with Crippen molar-refractivity contribution < 1.29 is 9.53 Å². The van der Waals surface area contributed by atoms with Gasteiger partial charge >= 0.3 is 5.97 Å². The summed E-state index contributed by atoms with van der Waals surface area (Å²) in [5, 5.41) is 0. The summed E-state index contributed by atoms with van der Waals surface area (Å²) in [5.74, 6) is 0.610. The summed E-state index contributed by atoms with van der Waals surface area (Å²) in [5.41, 5.74) is -0.324. The Balaban J connectivity index is 2.23. The molecule has 0 radical (unpaired) electrons. The van der Waals surface area contributed by atoms with E-state index in [-0.39, 0.29) is 11.4 Å². The first-order valence-corrected chi connectivity index (χ1v) is 11.5. The van der Waals surface area contributed by atoms with Crippen LogP contribution in [0.1, 0.15) is 111 Å². The van der Waals surface area contributed by atoms with Crippen molar-refractivity contribution in [3.8, 4) is 5.75 Å². The number of unbranched alkanes of at least 4 members (excludes halogenated alkanes) is 10. The van der Waals surface area contributed by atoms with Crippen LogP contribution in [0.2, 0.25) is 0 Å². The summed E-state index contributed by atoms with van der Waals surface area (Å²) in [6, 6.07) is 9.47. The molecule has 0 heterocycles. The monoisotopic (exact) mass is 374 g/mol. The Bertz CT molecular complexity index is 476. The van der Waals surface area contributed by atoms with Gasteiger partial charge in [-0.2, -0.15) is 0 Å². The van der Waals surface area contributed by atoms with E-state index in [1.54, 1.807) is 0 Å². The quantitative estimate of drug-likeness (QED) is 0.166. The zero-order valence-corrected chi connectivity index (χ0v) is 18.1. The molecule has 0 fully saturated rings. The lowest BCUT2D eigenvalue weighted by atomic mass is 9.77. The van der Waals surface area contributed by atoms with Crippen molar-refractivity contribution in [2.75, 3.05) is 0 Å². The molecule has 27 heavy (non-hydrogen) atoms. The van der Waals surface area contributed by atoms with E-state index in [0.29, 0.717) is 5.75 Å². The fourth-order valence-electron chi connectivity index (χ4n) is 3.83. The molecule has 0 aliphatic rings. The summed E-state index contributed by atoms with van der Waals surface area (Å²) in [6.45, 7) is 6.51. The van der Waals surface area contributed by atoms with Gasteiger partial charge in [0.2, 0.25) is 0 Å². The van der Waals surface area contributed by atoms with Gasteiger partial charge in [-0.15, -0.1) is 0 Å². The Labute approximate surface area is 168 Å². The highest BCUT2D eigenvalue weighted by molar-refractivity contribution is 5.79. The van der Waals surface area contributed by atoms with Gasteiger partial charge in [-0.3, -0.25) is 4.79 Å². The molecule has 0 atom stereocenters. The van der Waals surface area contributed by atoms with E-state index in [2.05, 4.69) is 20.8 Å². The normalized spacial score (nSPS) is 11.5. The molecule has 0 saturated heterocycles. The second kappa shape index (κ2) is 14.7. The van der Waals surface area contributed by atoms with Crippen LogP contribution in [-0.4, -0.2) is 5.97 Å². The molecular weight excluding hydrogens is 332 g/mol. The molecule has 0 bridgehead atoms. The van der Waals surface area contributed by atoms with Gasteiger partial charge in [0, 0.05) is 0 Å². The van der Waals surface area contributed by atoms with Crippen LogP contribution in [0.15, 0.2) is 30.3 Å². The number of hydrogen-bond acceptors (Lipinski definition) is 2. The second-order valence-electron chi connectivity index (χ2n) is 7.98. The summed E-state index contributed by atoms with van der Waals surface area (Å²) in [7, 11) is 0. The minimum absolute atomic E-state index is 0.0502. The molecule has 0 aromatic heterocycles. The molecule has 1 aromatic carbocycles. The van der Waals surface area contributed by atoms with Gasteiger partial charge in [-0.1, -0.05) is 110 Å². The Kier molecular flexibility index (Phi) is 12.9. The first-order valence-electron chi connectivity index (χ1n) is 11.5. The van der Waals surface area contributed by atoms with Crippen molar-refractivity contribution >= 4 is 5.97 Å². The average molecular weight is 375 g/mol. The number of benzene rings is 1. The van der Waals surface area contributed by atoms with Crippen LogP contribution in [0.3, 0.4) is 0 Å². The Morgan fingerprint density at radius 1 is 0.741 bits per heavy atom. The minimum atomic E-state index is -0.324. The third kappa shape index (κ3) is 9.44. The van der Waals surface area contributed by atoms with E-state index in [4.69, 9.17) is 4.74 Å². The third-order valence-electron chi connectivity index (χ3n) is 6.00. The molecule has 154 valence electrons. The van der Waals surface area contributed by atoms with Gasteiger partial charge < -0.3 is 4.74 Å². The van der Waals surface area contributed by atoms with Crippen molar-refractivity contribution in [3.63, 3.8) is 0 Å². The highest BCUT2D eigenvalue weighted by atomic mass is 16.5. The highest BCUT2D eigenvalue weighted by Crippen LogP contribution is 2.35. The lowest BCUT2D eigenvalue weighted by Gasteiger charge is -2.29. The summed E-state index contributed by atoms with van der Waals surface area (Å²) in [4.78, 5) is 12.8. The minimum Gasteiger partial charge on any atom is -0.426 e. The van der Waals surface area contributed by atoms with E-state index in [0.717, 1.165) is 25.7 Å². The standard InChI is InChI=1S/C25H42O2/c1-4-7-8-9-10-11-12-13-14-15-19-22-25(5-2,6-3)24(26)27-23-20-17-16-18-21-23/h16-18,20-21H,4-15,19,22H2,1-3H3. The lowest BCUT2D eigenvalue weighted by Crippen LogP contribution is -2.34. The van der Waals surface area contributed by atoms with Gasteiger partial charge in [0.1, 0.15) is 5.75 Å². The molecule has 2 nitrogen and oxygen atoms in total. The topological polar surface area (TPSA) is 26.3 Å². The van der Waals surface area contributed by atoms with Crippen LogP contribution in [0, 0.1) is 5.41 Å². The van der Waals surface area contributed by atoms with E-state index in [1.807, 2.05) is 30.3 Å². The van der Waals surface area contributed by atoms with Crippen LogP contribution in [0.4, 0.5) is 0 Å². The number of esters is 1. The number of carbonyl (C=O) groups excluding carboxylic acids is 1. The SMILES string of the molecule is CCCCCCCCCCCCCC(CC)(CC)C(=O)Oc1ccccc1. The van der Waals surface area contributed by atoms with Gasteiger partial charge in [0.05, 0.1) is 5.41 Å². The molecule has 2 heteroatoms. The van der Waals surface area contributed by atoms with Crippen molar-refractivity contribution in [3.05, 3.63) is 30.3 Å². The van der Waals surface area contributed by atoms with Crippen LogP contribution in [0.25, 0.3) is 0 Å². The van der Waals surface area contributed by atoms with Gasteiger partial charge in [0.15, 0.2) is 0 Å². The van der Waals surface area contributed by atoms with E-state index >= 15 is 0 Å². The fraction of sp³-hybridized carbons (Fsp3) is 0.720. The van der Waals surface area contributed by atoms with Crippen LogP contribution in [0.5, 0.6) is 5.75 Å². The zero-order valence-electron chi connectivity index (χ0n) is 18.1. The maximum absolute atomic E-state index is 12.8. The highest BCUT2D eigenvalue weighted by Gasteiger charge is 2.36. The van der Waals surface area contributed by atoms with Crippen molar-refractivity contribution in [2.45, 2.75) is 111 Å². The van der Waals surface area contributed by atoms with Crippen molar-refractivity contribution in [1.29, 1.82) is 0 Å². The molecule has 0 unspecified atom stereocenters. The number of carbonyl (C=O) groups is 1. The Morgan fingerprint density at radius 2 is 1.22 bits per heavy atom. The van der Waals surface area contributed by atoms with Crippen molar-refractivity contribution in [1.82, 2.24) is 0 Å². The number of ether oxygens (including phenoxy) is 1. The predicted octanol–water partition coefficient (Wildman–Crippen LogP) is 8.10. The molecule has 1 rings (SSSR count). The summed E-state index contributed by atoms with van der Waals surface area (Å²) < 4.78 is 5.67. The summed E-state index contributed by atoms with van der Waals surface area (Å²) in [6.07, 6.45) is 17.4. The van der Waals surface area contributed by atoms with E-state index in [9.17, 15) is 4.79 Å². The molecule has 0 aliphatic carbocycles. The predicted molar refractivity (Wildman–Crippen MR) is 116 cm³/mol. The van der Waals surface area contributed by atoms with Gasteiger partial charge in [-0.05, 0) is 31.4 Å². The molecule has 0 spiro atoms.